The third-order valence-electron chi connectivity index (χ3n) is 4.70. The number of hydrogen-bond donors (Lipinski definition) is 0. The minimum absolute atomic E-state index is 0.0135. The normalized spacial score (nSPS) is 13.7. The van der Waals surface area contributed by atoms with Crippen molar-refractivity contribution in [1.82, 2.24) is 0 Å². The van der Waals surface area contributed by atoms with Gasteiger partial charge in [-0.2, -0.15) is 0 Å². The van der Waals surface area contributed by atoms with Crippen molar-refractivity contribution in [3.8, 4) is 0 Å². The molecule has 21 heavy (non-hydrogen) atoms. The molecule has 0 aromatic carbocycles. The summed E-state index contributed by atoms with van der Waals surface area (Å²) in [6.07, 6.45) is 9.77. The van der Waals surface area contributed by atoms with E-state index in [1.54, 1.807) is 6.92 Å². The van der Waals surface area contributed by atoms with Crippen LogP contribution < -0.4 is 0 Å². The molecular weight excluding hydrogens is 323 g/mol. The Morgan fingerprint density at radius 3 is 1.19 bits per heavy atom. The molecule has 0 atom stereocenters. The molecule has 128 valence electrons. The second-order valence-corrected chi connectivity index (χ2v) is 18.7. The Labute approximate surface area is 134 Å². The van der Waals surface area contributed by atoms with Crippen LogP contribution in [0.5, 0.6) is 0 Å². The van der Waals surface area contributed by atoms with Gasteiger partial charge >= 0.3 is 134 Å². The van der Waals surface area contributed by atoms with Crippen LogP contribution in [0, 0.1) is 0 Å². The van der Waals surface area contributed by atoms with Crippen molar-refractivity contribution >= 4 is 18.8 Å². The van der Waals surface area contributed by atoms with Crippen LogP contribution >= 0.6 is 0 Å². The molecule has 0 rings (SSSR count). The molecule has 0 heterocycles. The number of rotatable bonds is 13. The molecule has 0 spiro atoms. The van der Waals surface area contributed by atoms with Gasteiger partial charge in [-0.1, -0.05) is 0 Å². The summed E-state index contributed by atoms with van der Waals surface area (Å²) in [5.74, 6) is -0.0135. The van der Waals surface area contributed by atoms with Crippen molar-refractivity contribution in [3.05, 3.63) is 0 Å². The zero-order valence-electron chi connectivity index (χ0n) is 15.2. The van der Waals surface area contributed by atoms with Gasteiger partial charge in [-0.05, 0) is 0 Å². The summed E-state index contributed by atoms with van der Waals surface area (Å²) in [4.78, 5) is 11.9. The van der Waals surface area contributed by atoms with E-state index in [1.165, 1.54) is 72.2 Å². The molecule has 0 unspecified atom stereocenters. The first-order chi connectivity index (χ1) is 9.97. The first-order valence-electron chi connectivity index (χ1n) is 9.18. The van der Waals surface area contributed by atoms with Gasteiger partial charge in [0.05, 0.1) is 0 Å². The number of carbonyl (C=O) groups is 1. The van der Waals surface area contributed by atoms with E-state index in [0.29, 0.717) is 0 Å². The van der Waals surface area contributed by atoms with Crippen LogP contribution in [0.3, 0.4) is 0 Å². The van der Waals surface area contributed by atoms with Gasteiger partial charge < -0.3 is 0 Å². The van der Waals surface area contributed by atoms with Crippen molar-refractivity contribution in [2.45, 2.75) is 107 Å². The average Bonchev–Trinajstić information content (AvgIpc) is 2.47. The third-order valence-corrected chi connectivity index (χ3v) is 18.5. The molecule has 0 N–H and O–H groups in total. The topological polar surface area (TPSA) is 26.3 Å². The summed E-state index contributed by atoms with van der Waals surface area (Å²) in [5.41, 5.74) is 0. The van der Waals surface area contributed by atoms with Gasteiger partial charge in [-0.15, -0.1) is 0 Å². The molecule has 0 amide bonds. The van der Waals surface area contributed by atoms with Crippen LogP contribution in [0.1, 0.15) is 86.0 Å². The van der Waals surface area contributed by atoms with Crippen LogP contribution in [-0.2, 0) is 8.52 Å². The molecule has 0 aliphatic carbocycles. The second-order valence-electron chi connectivity index (χ2n) is 6.75. The van der Waals surface area contributed by atoms with Crippen LogP contribution in [-0.4, -0.2) is 18.8 Å². The summed E-state index contributed by atoms with van der Waals surface area (Å²) >= 11 is -2.98. The van der Waals surface area contributed by atoms with Gasteiger partial charge in [0, 0.05) is 0 Å². The molecule has 0 saturated heterocycles. The molecule has 0 bridgehead atoms. The predicted octanol–water partition coefficient (Wildman–Crippen LogP) is 6.65. The Kier molecular flexibility index (Phi) is 10.7. The van der Waals surface area contributed by atoms with E-state index in [0.717, 1.165) is 0 Å². The maximum absolute atomic E-state index is 11.9. The molecule has 0 aromatic heterocycles. The van der Waals surface area contributed by atoms with E-state index in [1.807, 2.05) is 0 Å². The average molecular weight is 362 g/mol. The van der Waals surface area contributed by atoms with Crippen molar-refractivity contribution in [2.75, 3.05) is 0 Å². The minimum atomic E-state index is -2.98. The van der Waals surface area contributed by atoms with Crippen LogP contribution in [0.2, 0.25) is 20.8 Å². The number of unbranched alkanes of at least 4 members (excludes halogenated alkanes) is 4. The van der Waals surface area contributed by atoms with E-state index < -0.39 is 12.8 Å². The first kappa shape index (κ1) is 21.0. The molecule has 3 heteroatoms. The van der Waals surface area contributed by atoms with Gasteiger partial charge in [-0.25, -0.2) is 0 Å². The van der Waals surface area contributed by atoms with E-state index in [2.05, 4.69) is 27.7 Å². The van der Waals surface area contributed by atoms with E-state index in [-0.39, 0.29) is 5.97 Å². The van der Waals surface area contributed by atoms with E-state index in [9.17, 15) is 4.79 Å². The summed E-state index contributed by atoms with van der Waals surface area (Å²) in [7, 11) is 0. The molecule has 0 saturated carbocycles. The van der Waals surface area contributed by atoms with Crippen molar-refractivity contribution in [3.63, 3.8) is 0 Å². The Morgan fingerprint density at radius 2 is 1.00 bits per heavy atom. The summed E-state index contributed by atoms with van der Waals surface area (Å²) in [6.45, 7) is 10.7. The van der Waals surface area contributed by atoms with Gasteiger partial charge in [0.15, 0.2) is 0 Å². The zero-order valence-corrected chi connectivity index (χ0v) is 17.1. The monoisotopic (exact) mass is 362 g/mol. The first-order valence-corrected chi connectivity index (χ1v) is 15.3. The molecule has 0 radical (unpaired) electrons. The summed E-state index contributed by atoms with van der Waals surface area (Å²) < 4.78 is 6.37. The molecule has 0 aromatic rings. The Morgan fingerprint density at radius 1 is 0.714 bits per heavy atom. The molecule has 0 fully saturated rings. The molecule has 0 aliphatic heterocycles. The summed E-state index contributed by atoms with van der Waals surface area (Å²) in [5, 5.41) is 4.87. The fourth-order valence-corrected chi connectivity index (χ4v) is 17.9. The predicted molar refractivity (Wildman–Crippen MR) is 96.4 cm³/mol. The van der Waals surface area contributed by atoms with Crippen LogP contribution in [0.4, 0.5) is 0 Å². The zero-order chi connectivity index (χ0) is 16.2. The van der Waals surface area contributed by atoms with Gasteiger partial charge in [0.25, 0.3) is 0 Å². The Hall–Kier alpha value is 0.0284. The van der Waals surface area contributed by atoms with Gasteiger partial charge in [0.1, 0.15) is 0 Å². The fraction of sp³-hybridized carbons (Fsp3) is 0.944. The third kappa shape index (κ3) is 7.22. The maximum atomic E-state index is 11.9. The fourth-order valence-electron chi connectivity index (χ4n) is 3.45. The Balaban J connectivity index is 5.50. The number of hydrogen-bond acceptors (Lipinski definition) is 2. The molecular formula is C18H39AsO2. The van der Waals surface area contributed by atoms with Crippen molar-refractivity contribution in [2.24, 2.45) is 0 Å². The summed E-state index contributed by atoms with van der Waals surface area (Å²) in [6, 6.07) is 0. The Bertz CT molecular complexity index is 245. The quantitative estimate of drug-likeness (QED) is 0.343. The number of carbonyl (C=O) groups excluding carboxylic acids is 1. The van der Waals surface area contributed by atoms with Crippen LogP contribution in [0.25, 0.3) is 0 Å². The van der Waals surface area contributed by atoms with E-state index in [4.69, 9.17) is 3.73 Å². The SMILES string of the molecule is CCCC[As](CCCC)(CCCC)(CCCC)OC(C)=O. The molecule has 0 aliphatic rings. The second kappa shape index (κ2) is 10.7. The van der Waals surface area contributed by atoms with Crippen LogP contribution in [0.15, 0.2) is 0 Å². The molecule has 2 nitrogen and oxygen atoms in total. The standard InChI is InChI=1S/C18H39AsO2/c1-6-10-14-19(15-11-7-2,16-12-8-3,17-13-9-4)21-18(5)20/h6-17H2,1-5H3. The van der Waals surface area contributed by atoms with Gasteiger partial charge in [-0.3, -0.25) is 0 Å². The van der Waals surface area contributed by atoms with Crippen molar-refractivity contribution in [1.29, 1.82) is 0 Å². The van der Waals surface area contributed by atoms with E-state index >= 15 is 0 Å². The van der Waals surface area contributed by atoms with Gasteiger partial charge in [0.2, 0.25) is 0 Å². The van der Waals surface area contributed by atoms with Crippen molar-refractivity contribution < 1.29 is 8.52 Å².